The second-order valence-electron chi connectivity index (χ2n) is 9.48. The van der Waals surface area contributed by atoms with Gasteiger partial charge in [-0.25, -0.2) is 15.0 Å². The van der Waals surface area contributed by atoms with Gasteiger partial charge in [0.25, 0.3) is 5.91 Å². The minimum absolute atomic E-state index is 0.217. The average molecular weight is 579 g/mol. The number of hydrogen-bond acceptors (Lipinski definition) is 8. The Balaban J connectivity index is 1.27. The van der Waals surface area contributed by atoms with Gasteiger partial charge in [-0.2, -0.15) is 0 Å². The highest BCUT2D eigenvalue weighted by atomic mass is 35.5. The number of amides is 1. The Morgan fingerprint density at radius 2 is 1.77 bits per heavy atom. The van der Waals surface area contributed by atoms with Gasteiger partial charge in [0.2, 0.25) is 0 Å². The molecule has 10 nitrogen and oxygen atoms in total. The monoisotopic (exact) mass is 578 g/mol. The van der Waals surface area contributed by atoms with Gasteiger partial charge in [0.05, 0.1) is 12.9 Å². The standard InChI is InChI=1S/C28H24Cl2N6O4/c29-19-8-18(9-20(30)10-19)27(39)35-22-24(38)21(12-37)40-28(22)36-14-34-23-25(32-13-33-26(23)36)31-11-15-5-6-16-3-1-2-4-17(16)7-15/h1-10,13-14,21-22,24,28,37-38H,11-12H2,(H,35,39)(H,31,32,33)/t21-,22-,24-,28-/m1/s1. The van der Waals surface area contributed by atoms with Gasteiger partial charge >= 0.3 is 0 Å². The van der Waals surface area contributed by atoms with Crippen LogP contribution < -0.4 is 10.6 Å². The number of anilines is 1. The van der Waals surface area contributed by atoms with E-state index < -0.39 is 37.0 Å². The summed E-state index contributed by atoms with van der Waals surface area (Å²) in [5.74, 6) is 0.000689. The lowest BCUT2D eigenvalue weighted by Gasteiger charge is -2.23. The number of aliphatic hydroxyl groups excluding tert-OH is 2. The number of rotatable bonds is 7. The average Bonchev–Trinajstić information content (AvgIpc) is 3.52. The molecule has 1 aliphatic rings. The fourth-order valence-electron chi connectivity index (χ4n) is 4.91. The molecule has 0 bridgehead atoms. The maximum atomic E-state index is 13.1. The summed E-state index contributed by atoms with van der Waals surface area (Å²) in [7, 11) is 0. The predicted molar refractivity (Wildman–Crippen MR) is 151 cm³/mol. The molecule has 1 amide bonds. The molecule has 0 aliphatic carbocycles. The van der Waals surface area contributed by atoms with Crippen LogP contribution in [0.4, 0.5) is 5.82 Å². The van der Waals surface area contributed by atoms with E-state index in [4.69, 9.17) is 27.9 Å². The first-order chi connectivity index (χ1) is 19.4. The van der Waals surface area contributed by atoms with Gasteiger partial charge < -0.3 is 25.6 Å². The quantitative estimate of drug-likeness (QED) is 0.228. The Morgan fingerprint density at radius 1 is 1.00 bits per heavy atom. The number of aromatic nitrogens is 4. The van der Waals surface area contributed by atoms with E-state index >= 15 is 0 Å². The summed E-state index contributed by atoms with van der Waals surface area (Å²) in [6.07, 6.45) is -0.160. The summed E-state index contributed by atoms with van der Waals surface area (Å²) < 4.78 is 7.56. The molecule has 6 rings (SSSR count). The molecular weight excluding hydrogens is 555 g/mol. The number of carbonyl (C=O) groups is 1. The second kappa shape index (κ2) is 11.0. The molecule has 12 heteroatoms. The van der Waals surface area contributed by atoms with Crippen LogP contribution in [0.1, 0.15) is 22.1 Å². The molecule has 4 atom stereocenters. The third kappa shape index (κ3) is 5.07. The van der Waals surface area contributed by atoms with Gasteiger partial charge in [0, 0.05) is 22.2 Å². The van der Waals surface area contributed by atoms with Crippen molar-refractivity contribution in [1.29, 1.82) is 0 Å². The molecule has 2 aromatic heterocycles. The molecule has 4 N–H and O–H groups in total. The predicted octanol–water partition coefficient (Wildman–Crippen LogP) is 3.95. The van der Waals surface area contributed by atoms with Crippen LogP contribution in [-0.4, -0.2) is 60.5 Å². The molecule has 0 radical (unpaired) electrons. The zero-order chi connectivity index (χ0) is 27.8. The van der Waals surface area contributed by atoms with E-state index in [1.807, 2.05) is 12.1 Å². The Bertz CT molecular complexity index is 1690. The van der Waals surface area contributed by atoms with Crippen LogP contribution in [0.15, 0.2) is 73.3 Å². The molecule has 3 aromatic carbocycles. The highest BCUT2D eigenvalue weighted by Crippen LogP contribution is 2.33. The van der Waals surface area contributed by atoms with E-state index in [0.29, 0.717) is 33.6 Å². The minimum Gasteiger partial charge on any atom is -0.394 e. The maximum absolute atomic E-state index is 13.1. The molecule has 0 unspecified atom stereocenters. The third-order valence-electron chi connectivity index (χ3n) is 6.88. The molecule has 40 heavy (non-hydrogen) atoms. The van der Waals surface area contributed by atoms with Crippen molar-refractivity contribution in [3.05, 3.63) is 94.5 Å². The van der Waals surface area contributed by atoms with Crippen LogP contribution in [0.2, 0.25) is 10.0 Å². The Kier molecular flexibility index (Phi) is 7.26. The lowest BCUT2D eigenvalue weighted by molar-refractivity contribution is -0.0440. The normalized spacial score (nSPS) is 20.7. The zero-order valence-electron chi connectivity index (χ0n) is 20.9. The third-order valence-corrected chi connectivity index (χ3v) is 7.32. The summed E-state index contributed by atoms with van der Waals surface area (Å²) in [4.78, 5) is 26.3. The number of nitrogens with one attached hydrogen (secondary N) is 2. The molecule has 0 spiro atoms. The highest BCUT2D eigenvalue weighted by Gasteiger charge is 2.46. The molecule has 1 saturated heterocycles. The Hall–Kier alpha value is -3.80. The van der Waals surface area contributed by atoms with Crippen molar-refractivity contribution < 1.29 is 19.7 Å². The van der Waals surface area contributed by atoms with E-state index in [1.54, 1.807) is 4.57 Å². The number of aliphatic hydroxyl groups is 2. The summed E-state index contributed by atoms with van der Waals surface area (Å²) >= 11 is 12.1. The van der Waals surface area contributed by atoms with Gasteiger partial charge in [0.1, 0.15) is 24.6 Å². The molecule has 5 aromatic rings. The van der Waals surface area contributed by atoms with E-state index in [9.17, 15) is 15.0 Å². The molecule has 1 fully saturated rings. The SMILES string of the molecule is O=C(N[C@@H]1[C@H](O)[C@@H](CO)O[C@H]1n1cnc2c(NCc3ccc4ccccc4c3)ncnc21)c1cc(Cl)cc(Cl)c1. The van der Waals surface area contributed by atoms with Crippen molar-refractivity contribution in [2.24, 2.45) is 0 Å². The van der Waals surface area contributed by atoms with E-state index in [1.165, 1.54) is 30.9 Å². The molecule has 1 aliphatic heterocycles. The van der Waals surface area contributed by atoms with Crippen molar-refractivity contribution in [3.63, 3.8) is 0 Å². The van der Waals surface area contributed by atoms with Crippen molar-refractivity contribution in [1.82, 2.24) is 24.8 Å². The molecular formula is C28H24Cl2N6O4. The van der Waals surface area contributed by atoms with Gasteiger partial charge in [-0.15, -0.1) is 0 Å². The topological polar surface area (TPSA) is 134 Å². The van der Waals surface area contributed by atoms with Crippen LogP contribution >= 0.6 is 23.2 Å². The van der Waals surface area contributed by atoms with Crippen molar-refractivity contribution in [2.75, 3.05) is 11.9 Å². The highest BCUT2D eigenvalue weighted by molar-refractivity contribution is 6.35. The number of ether oxygens (including phenoxy) is 1. The first-order valence-electron chi connectivity index (χ1n) is 12.5. The fraction of sp³-hybridized carbons (Fsp3) is 0.214. The number of halogens is 2. The molecule has 3 heterocycles. The van der Waals surface area contributed by atoms with Crippen LogP contribution in [0, 0.1) is 0 Å². The number of benzene rings is 3. The summed E-state index contributed by atoms with van der Waals surface area (Å²) in [5, 5.41) is 29.7. The first kappa shape index (κ1) is 26.4. The number of hydrogen-bond donors (Lipinski definition) is 4. The first-order valence-corrected chi connectivity index (χ1v) is 13.3. The van der Waals surface area contributed by atoms with E-state index in [0.717, 1.165) is 16.3 Å². The summed E-state index contributed by atoms with van der Waals surface area (Å²) in [6.45, 7) is 0.0587. The Labute approximate surface area is 238 Å². The van der Waals surface area contributed by atoms with Gasteiger partial charge in [0.15, 0.2) is 23.2 Å². The van der Waals surface area contributed by atoms with Crippen LogP contribution in [0.5, 0.6) is 0 Å². The largest absolute Gasteiger partial charge is 0.394 e. The van der Waals surface area contributed by atoms with Gasteiger partial charge in [-0.1, -0.05) is 59.6 Å². The minimum atomic E-state index is -1.21. The number of nitrogens with zero attached hydrogens (tertiary/aromatic N) is 4. The lowest BCUT2D eigenvalue weighted by atomic mass is 10.1. The van der Waals surface area contributed by atoms with E-state index in [2.05, 4.69) is 55.9 Å². The van der Waals surface area contributed by atoms with Crippen molar-refractivity contribution >= 4 is 56.9 Å². The molecule has 0 saturated carbocycles. The number of imidazole rings is 1. The Morgan fingerprint density at radius 3 is 2.55 bits per heavy atom. The number of carbonyl (C=O) groups excluding carboxylic acids is 1. The van der Waals surface area contributed by atoms with Crippen LogP contribution in [-0.2, 0) is 11.3 Å². The van der Waals surface area contributed by atoms with Crippen LogP contribution in [0.3, 0.4) is 0 Å². The van der Waals surface area contributed by atoms with Crippen LogP contribution in [0.25, 0.3) is 21.9 Å². The van der Waals surface area contributed by atoms with Gasteiger partial charge in [-0.05, 0) is 40.6 Å². The summed E-state index contributed by atoms with van der Waals surface area (Å²) in [5.41, 5.74) is 2.20. The summed E-state index contributed by atoms with van der Waals surface area (Å²) in [6, 6.07) is 17.9. The van der Waals surface area contributed by atoms with Crippen molar-refractivity contribution in [2.45, 2.75) is 31.0 Å². The van der Waals surface area contributed by atoms with Crippen molar-refractivity contribution in [3.8, 4) is 0 Å². The van der Waals surface area contributed by atoms with E-state index in [-0.39, 0.29) is 5.56 Å². The zero-order valence-corrected chi connectivity index (χ0v) is 22.4. The maximum Gasteiger partial charge on any atom is 0.251 e. The molecule has 204 valence electrons. The van der Waals surface area contributed by atoms with Gasteiger partial charge in [-0.3, -0.25) is 9.36 Å². The smallest absolute Gasteiger partial charge is 0.251 e. The second-order valence-corrected chi connectivity index (χ2v) is 10.3. The fourth-order valence-corrected chi connectivity index (χ4v) is 5.44. The lowest BCUT2D eigenvalue weighted by Crippen LogP contribution is -2.46. The number of fused-ring (bicyclic) bond motifs is 2.